The van der Waals surface area contributed by atoms with Gasteiger partial charge in [-0.2, -0.15) is 10.5 Å². The van der Waals surface area contributed by atoms with Gasteiger partial charge in [0.1, 0.15) is 11.3 Å². The maximum atomic E-state index is 13.7. The normalized spacial score (nSPS) is 11.1. The van der Waals surface area contributed by atoms with Crippen molar-refractivity contribution in [3.63, 3.8) is 0 Å². The number of nitriles is 2. The Hall–Kier alpha value is -4.68. The molecule has 0 amide bonds. The van der Waals surface area contributed by atoms with Crippen molar-refractivity contribution in [2.75, 3.05) is 0 Å². The van der Waals surface area contributed by atoms with E-state index in [2.05, 4.69) is 32.1 Å². The van der Waals surface area contributed by atoms with Crippen molar-refractivity contribution in [1.82, 2.24) is 14.1 Å². The van der Waals surface area contributed by atoms with Crippen LogP contribution in [-0.2, 0) is 6.54 Å². The minimum atomic E-state index is -0.181. The molecule has 0 N–H and O–H groups in total. The van der Waals surface area contributed by atoms with Crippen LogP contribution in [0.3, 0.4) is 0 Å². The molecule has 0 atom stereocenters. The lowest BCUT2D eigenvalue weighted by molar-refractivity contribution is 0.681. The fraction of sp³-hybridized carbons (Fsp3) is 0.143. The Morgan fingerprint density at radius 1 is 0.912 bits per heavy atom. The highest BCUT2D eigenvalue weighted by molar-refractivity contribution is 5.84. The van der Waals surface area contributed by atoms with Gasteiger partial charge in [0.15, 0.2) is 0 Å². The van der Waals surface area contributed by atoms with E-state index in [4.69, 9.17) is 4.98 Å². The van der Waals surface area contributed by atoms with Crippen LogP contribution >= 0.6 is 0 Å². The lowest BCUT2D eigenvalue weighted by atomic mass is 10.0. The minimum absolute atomic E-state index is 0.118. The molecule has 2 heterocycles. The molecule has 0 aliphatic heterocycles. The molecule has 0 aliphatic rings. The predicted octanol–water partition coefficient (Wildman–Crippen LogP) is 5.26. The van der Waals surface area contributed by atoms with Crippen LogP contribution in [0.2, 0.25) is 0 Å². The molecule has 5 aromatic rings. The van der Waals surface area contributed by atoms with Crippen LogP contribution in [0.15, 0.2) is 77.7 Å². The van der Waals surface area contributed by atoms with Crippen LogP contribution in [0.5, 0.6) is 0 Å². The quantitative estimate of drug-likeness (QED) is 0.379. The molecular weight excluding hydrogens is 422 g/mol. The number of hydrogen-bond acceptors (Lipinski definition) is 4. The number of rotatable bonds is 4. The van der Waals surface area contributed by atoms with Gasteiger partial charge >= 0.3 is 0 Å². The highest BCUT2D eigenvalue weighted by Crippen LogP contribution is 2.24. The van der Waals surface area contributed by atoms with Gasteiger partial charge in [0, 0.05) is 24.3 Å². The predicted molar refractivity (Wildman–Crippen MR) is 132 cm³/mol. The molecule has 5 rings (SSSR count). The zero-order valence-electron chi connectivity index (χ0n) is 18.9. The van der Waals surface area contributed by atoms with Gasteiger partial charge in [0.2, 0.25) is 0 Å². The number of imidazole rings is 1. The zero-order valence-corrected chi connectivity index (χ0v) is 18.9. The summed E-state index contributed by atoms with van der Waals surface area (Å²) in [6.45, 7) is 4.60. The van der Waals surface area contributed by atoms with Gasteiger partial charge in [-0.1, -0.05) is 38.1 Å². The third-order valence-electron chi connectivity index (χ3n) is 5.97. The Kier molecular flexibility index (Phi) is 5.20. The summed E-state index contributed by atoms with van der Waals surface area (Å²) in [6.07, 6.45) is 1.71. The largest absolute Gasteiger partial charge is 0.319 e. The van der Waals surface area contributed by atoms with Gasteiger partial charge in [-0.3, -0.25) is 9.36 Å². The standard InChI is InChI=1S/C28H21N5O/c1-18(2)27-31-25-10-11-32(24-5-3-4-19(14-24)15-29)28(34)26(25)33(27)17-21-7-9-22-8-6-20(16-30)12-23(22)13-21/h3-14,18H,17H2,1-2H3. The third kappa shape index (κ3) is 3.62. The van der Waals surface area contributed by atoms with Crippen molar-refractivity contribution in [3.8, 4) is 17.8 Å². The molecular formula is C28H21N5O. The fourth-order valence-corrected chi connectivity index (χ4v) is 4.33. The second kappa shape index (κ2) is 8.35. The second-order valence-electron chi connectivity index (χ2n) is 8.61. The first kappa shape index (κ1) is 21.2. The molecule has 0 bridgehead atoms. The summed E-state index contributed by atoms with van der Waals surface area (Å²) in [5.41, 5.74) is 3.76. The molecule has 0 aliphatic carbocycles. The van der Waals surface area contributed by atoms with Gasteiger partial charge < -0.3 is 4.57 Å². The Morgan fingerprint density at radius 3 is 2.44 bits per heavy atom. The lowest BCUT2D eigenvalue weighted by Gasteiger charge is -2.13. The summed E-state index contributed by atoms with van der Waals surface area (Å²) in [4.78, 5) is 18.4. The van der Waals surface area contributed by atoms with Crippen LogP contribution in [0.4, 0.5) is 0 Å². The molecule has 0 radical (unpaired) electrons. The van der Waals surface area contributed by atoms with Crippen molar-refractivity contribution in [2.24, 2.45) is 0 Å². The molecule has 0 unspecified atom stereocenters. The molecule has 164 valence electrons. The number of pyridine rings is 1. The SMILES string of the molecule is CC(C)c1nc2ccn(-c3cccc(C#N)c3)c(=O)c2n1Cc1ccc2ccc(C#N)cc2c1. The fourth-order valence-electron chi connectivity index (χ4n) is 4.33. The van der Waals surface area contributed by atoms with Crippen molar-refractivity contribution in [3.05, 3.63) is 106 Å². The molecule has 34 heavy (non-hydrogen) atoms. The van der Waals surface area contributed by atoms with Gasteiger partial charge in [-0.25, -0.2) is 4.98 Å². The van der Waals surface area contributed by atoms with E-state index < -0.39 is 0 Å². The van der Waals surface area contributed by atoms with Gasteiger partial charge in [0.25, 0.3) is 5.56 Å². The van der Waals surface area contributed by atoms with Crippen LogP contribution < -0.4 is 5.56 Å². The summed E-state index contributed by atoms with van der Waals surface area (Å²) in [5.74, 6) is 0.953. The van der Waals surface area contributed by atoms with Crippen LogP contribution in [-0.4, -0.2) is 14.1 Å². The molecule has 0 fully saturated rings. The van der Waals surface area contributed by atoms with E-state index in [-0.39, 0.29) is 11.5 Å². The summed E-state index contributed by atoms with van der Waals surface area (Å²) < 4.78 is 3.55. The first-order valence-corrected chi connectivity index (χ1v) is 11.0. The van der Waals surface area contributed by atoms with Crippen LogP contribution in [0.1, 0.15) is 42.3 Å². The Morgan fingerprint density at radius 2 is 1.68 bits per heavy atom. The maximum Gasteiger partial charge on any atom is 0.281 e. The smallest absolute Gasteiger partial charge is 0.281 e. The van der Waals surface area contributed by atoms with E-state index in [9.17, 15) is 15.3 Å². The molecule has 3 aromatic carbocycles. The van der Waals surface area contributed by atoms with Crippen LogP contribution in [0, 0.1) is 22.7 Å². The molecule has 6 heteroatoms. The minimum Gasteiger partial charge on any atom is -0.319 e. The average Bonchev–Trinajstić information content (AvgIpc) is 3.23. The zero-order chi connectivity index (χ0) is 23.8. The first-order valence-electron chi connectivity index (χ1n) is 11.0. The van der Waals surface area contributed by atoms with Crippen molar-refractivity contribution in [2.45, 2.75) is 26.3 Å². The third-order valence-corrected chi connectivity index (χ3v) is 5.97. The summed E-state index contributed by atoms with van der Waals surface area (Å²) in [5, 5.41) is 20.6. The van der Waals surface area contributed by atoms with E-state index in [1.165, 1.54) is 0 Å². The lowest BCUT2D eigenvalue weighted by Crippen LogP contribution is -2.21. The highest BCUT2D eigenvalue weighted by atomic mass is 16.1. The Bertz CT molecular complexity index is 1710. The van der Waals surface area contributed by atoms with Gasteiger partial charge in [-0.15, -0.1) is 0 Å². The van der Waals surface area contributed by atoms with E-state index in [1.54, 1.807) is 29.0 Å². The van der Waals surface area contributed by atoms with E-state index in [1.807, 2.05) is 47.0 Å². The summed E-state index contributed by atoms with van der Waals surface area (Å²) in [6, 6.07) is 24.9. The maximum absolute atomic E-state index is 13.7. The van der Waals surface area contributed by atoms with Crippen molar-refractivity contribution >= 4 is 21.8 Å². The number of benzene rings is 3. The average molecular weight is 444 g/mol. The topological polar surface area (TPSA) is 87.4 Å². The number of fused-ring (bicyclic) bond motifs is 2. The number of hydrogen-bond donors (Lipinski definition) is 0. The monoisotopic (exact) mass is 443 g/mol. The van der Waals surface area contributed by atoms with Crippen LogP contribution in [0.25, 0.3) is 27.5 Å². The van der Waals surface area contributed by atoms with E-state index in [0.29, 0.717) is 34.4 Å². The van der Waals surface area contributed by atoms with Gasteiger partial charge in [-0.05, 0) is 58.8 Å². The number of aromatic nitrogens is 3. The summed E-state index contributed by atoms with van der Waals surface area (Å²) >= 11 is 0. The van der Waals surface area contributed by atoms with Crippen molar-refractivity contribution in [1.29, 1.82) is 10.5 Å². The molecule has 0 saturated carbocycles. The van der Waals surface area contributed by atoms with Crippen molar-refractivity contribution < 1.29 is 0 Å². The Labute approximate surface area is 196 Å². The Balaban J connectivity index is 1.68. The molecule has 0 spiro atoms. The molecule has 2 aromatic heterocycles. The molecule has 0 saturated heterocycles. The highest BCUT2D eigenvalue weighted by Gasteiger charge is 2.18. The molecule has 6 nitrogen and oxygen atoms in total. The van der Waals surface area contributed by atoms with Gasteiger partial charge in [0.05, 0.1) is 28.8 Å². The first-order chi connectivity index (χ1) is 16.5. The van der Waals surface area contributed by atoms with E-state index >= 15 is 0 Å². The number of nitrogens with zero attached hydrogens (tertiary/aromatic N) is 5. The van der Waals surface area contributed by atoms with E-state index in [0.717, 1.165) is 22.2 Å². The second-order valence-corrected chi connectivity index (χ2v) is 8.61. The summed E-state index contributed by atoms with van der Waals surface area (Å²) in [7, 11) is 0.